The van der Waals surface area contributed by atoms with E-state index in [1.165, 1.54) is 31.4 Å². The number of nitrogens with one attached hydrogen (secondary N) is 1. The van der Waals surface area contributed by atoms with E-state index in [0.717, 1.165) is 56.3 Å². The minimum atomic E-state index is -0.498. The van der Waals surface area contributed by atoms with Crippen LogP contribution in [-0.4, -0.2) is 35.6 Å². The van der Waals surface area contributed by atoms with Gasteiger partial charge in [-0.3, -0.25) is 0 Å². The highest BCUT2D eigenvalue weighted by Gasteiger charge is 2.26. The molecule has 1 unspecified atom stereocenters. The second-order valence-corrected chi connectivity index (χ2v) is 8.35. The van der Waals surface area contributed by atoms with Crippen LogP contribution in [0.25, 0.3) is 11.4 Å². The normalized spacial score (nSPS) is 19.5. The number of nitrogen functional groups attached to an aromatic ring is 2. The van der Waals surface area contributed by atoms with Crippen LogP contribution in [0.4, 0.5) is 21.6 Å². The highest BCUT2D eigenvalue weighted by atomic mass is 19.1. The van der Waals surface area contributed by atoms with Crippen molar-refractivity contribution >= 4 is 17.2 Å². The van der Waals surface area contributed by atoms with Crippen molar-refractivity contribution in [1.29, 1.82) is 0 Å². The molecule has 0 spiro atoms. The second-order valence-electron chi connectivity index (χ2n) is 8.35. The number of nitrogens with two attached hydrogens (primary N) is 2. The third kappa shape index (κ3) is 4.61. The first-order valence-corrected chi connectivity index (χ1v) is 10.7. The summed E-state index contributed by atoms with van der Waals surface area (Å²) >= 11 is 0. The Morgan fingerprint density at radius 3 is 2.79 bits per heavy atom. The highest BCUT2D eigenvalue weighted by Crippen LogP contribution is 2.33. The van der Waals surface area contributed by atoms with Crippen molar-refractivity contribution in [3.63, 3.8) is 0 Å². The summed E-state index contributed by atoms with van der Waals surface area (Å²) in [5.74, 6) is 1.65. The van der Waals surface area contributed by atoms with Crippen molar-refractivity contribution in [2.75, 3.05) is 36.0 Å². The van der Waals surface area contributed by atoms with E-state index in [2.05, 4.69) is 28.2 Å². The molecule has 2 aromatic rings. The number of rotatable bonds is 7. The molecule has 29 heavy (non-hydrogen) atoms. The van der Waals surface area contributed by atoms with Crippen LogP contribution < -0.4 is 21.7 Å². The van der Waals surface area contributed by atoms with Crippen molar-refractivity contribution in [2.24, 2.45) is 5.92 Å². The number of aryl methyl sites for hydroxylation is 1. The van der Waals surface area contributed by atoms with Crippen LogP contribution in [0.15, 0.2) is 18.2 Å². The van der Waals surface area contributed by atoms with Gasteiger partial charge in [0.1, 0.15) is 11.6 Å². The van der Waals surface area contributed by atoms with E-state index < -0.39 is 5.82 Å². The van der Waals surface area contributed by atoms with Crippen molar-refractivity contribution in [3.05, 3.63) is 29.7 Å². The highest BCUT2D eigenvalue weighted by molar-refractivity contribution is 5.83. The zero-order chi connectivity index (χ0) is 20.4. The largest absolute Gasteiger partial charge is 0.398 e. The number of aromatic nitrogens is 2. The fourth-order valence-corrected chi connectivity index (χ4v) is 4.01. The zero-order valence-corrected chi connectivity index (χ0v) is 17.1. The van der Waals surface area contributed by atoms with Gasteiger partial charge in [0.15, 0.2) is 5.82 Å². The van der Waals surface area contributed by atoms with Gasteiger partial charge in [0.2, 0.25) is 0 Å². The number of nitrogens with zero attached hydrogens (tertiary/aromatic N) is 3. The lowest BCUT2D eigenvalue weighted by atomic mass is 10.0. The molecular weight excluding hydrogens is 367 g/mol. The molecule has 0 bridgehead atoms. The van der Waals surface area contributed by atoms with E-state index >= 15 is 0 Å². The molecule has 7 heteroatoms. The molecule has 156 valence electrons. The lowest BCUT2D eigenvalue weighted by Gasteiger charge is -2.34. The summed E-state index contributed by atoms with van der Waals surface area (Å²) in [6.45, 7) is 5.11. The van der Waals surface area contributed by atoms with Crippen LogP contribution in [0.1, 0.15) is 44.7 Å². The SMILES string of the molecule is CCCc1cc(N2CCCC(NCC3CC3)C2)nc(-c2c(N)ccc(F)c2N)n1. The first-order chi connectivity index (χ1) is 14.0. The molecule has 1 aromatic carbocycles. The fourth-order valence-electron chi connectivity index (χ4n) is 4.01. The Kier molecular flexibility index (Phi) is 5.85. The molecule has 4 rings (SSSR count). The van der Waals surface area contributed by atoms with Crippen LogP contribution in [0.3, 0.4) is 0 Å². The lowest BCUT2D eigenvalue weighted by molar-refractivity contribution is 0.414. The first kappa shape index (κ1) is 19.9. The van der Waals surface area contributed by atoms with Crippen molar-refractivity contribution in [2.45, 2.75) is 51.5 Å². The van der Waals surface area contributed by atoms with E-state index in [1.54, 1.807) is 0 Å². The Morgan fingerprint density at radius 1 is 1.21 bits per heavy atom. The maximum Gasteiger partial charge on any atom is 0.166 e. The number of hydrogen-bond donors (Lipinski definition) is 3. The van der Waals surface area contributed by atoms with Gasteiger partial charge in [0.25, 0.3) is 0 Å². The molecule has 0 amide bonds. The Bertz CT molecular complexity index is 867. The molecule has 1 aliphatic carbocycles. The van der Waals surface area contributed by atoms with Crippen molar-refractivity contribution in [3.8, 4) is 11.4 Å². The average Bonchev–Trinajstić information content (AvgIpc) is 3.54. The van der Waals surface area contributed by atoms with Crippen LogP contribution in [-0.2, 0) is 6.42 Å². The van der Waals surface area contributed by atoms with Crippen molar-refractivity contribution in [1.82, 2.24) is 15.3 Å². The van der Waals surface area contributed by atoms with E-state index in [9.17, 15) is 4.39 Å². The van der Waals surface area contributed by atoms with Crippen LogP contribution in [0, 0.1) is 11.7 Å². The van der Waals surface area contributed by atoms with Crippen LogP contribution >= 0.6 is 0 Å². The van der Waals surface area contributed by atoms with Gasteiger partial charge in [-0.05, 0) is 56.7 Å². The molecule has 1 saturated carbocycles. The van der Waals surface area contributed by atoms with Gasteiger partial charge in [-0.1, -0.05) is 13.3 Å². The van der Waals surface area contributed by atoms with Gasteiger partial charge in [-0.25, -0.2) is 14.4 Å². The van der Waals surface area contributed by atoms with E-state index in [4.69, 9.17) is 16.5 Å². The molecule has 2 heterocycles. The number of anilines is 3. The van der Waals surface area contributed by atoms with Gasteiger partial charge in [-0.2, -0.15) is 0 Å². The zero-order valence-electron chi connectivity index (χ0n) is 17.1. The van der Waals surface area contributed by atoms with E-state index in [1.807, 2.05) is 0 Å². The Morgan fingerprint density at radius 2 is 2.03 bits per heavy atom. The lowest BCUT2D eigenvalue weighted by Crippen LogP contribution is -2.46. The smallest absolute Gasteiger partial charge is 0.166 e. The summed E-state index contributed by atoms with van der Waals surface area (Å²) in [6.07, 6.45) is 6.82. The topological polar surface area (TPSA) is 93.1 Å². The summed E-state index contributed by atoms with van der Waals surface area (Å²) < 4.78 is 14.1. The van der Waals surface area contributed by atoms with Gasteiger partial charge in [0.05, 0.1) is 11.3 Å². The van der Waals surface area contributed by atoms with Gasteiger partial charge in [0, 0.05) is 36.6 Å². The third-order valence-corrected chi connectivity index (χ3v) is 5.86. The molecule has 0 radical (unpaired) electrons. The summed E-state index contributed by atoms with van der Waals surface area (Å²) in [5, 5.41) is 3.72. The summed E-state index contributed by atoms with van der Waals surface area (Å²) in [4.78, 5) is 11.7. The third-order valence-electron chi connectivity index (χ3n) is 5.86. The van der Waals surface area contributed by atoms with Crippen molar-refractivity contribution < 1.29 is 4.39 Å². The predicted octanol–water partition coefficient (Wildman–Crippen LogP) is 3.37. The van der Waals surface area contributed by atoms with E-state index in [0.29, 0.717) is 23.1 Å². The first-order valence-electron chi connectivity index (χ1n) is 10.7. The maximum absolute atomic E-state index is 14.1. The standard InChI is InChI=1S/C22H31FN6/c1-2-4-15-11-19(29-10-3-5-16(13-29)26-12-14-6-7-14)28-22(27-15)20-18(24)9-8-17(23)21(20)25/h8-9,11,14,16,26H,2-7,10,12-13,24-25H2,1H3. The molecule has 2 aliphatic rings. The molecular formula is C22H31FN6. The minimum absolute atomic E-state index is 0.00668. The number of halogens is 1. The molecule has 2 fully saturated rings. The number of piperidine rings is 1. The number of benzene rings is 1. The monoisotopic (exact) mass is 398 g/mol. The van der Waals surface area contributed by atoms with Crippen LogP contribution in [0.2, 0.25) is 0 Å². The Labute approximate surface area is 171 Å². The molecule has 1 aliphatic heterocycles. The van der Waals surface area contributed by atoms with Crippen LogP contribution in [0.5, 0.6) is 0 Å². The van der Waals surface area contributed by atoms with Gasteiger partial charge >= 0.3 is 0 Å². The molecule has 1 aromatic heterocycles. The summed E-state index contributed by atoms with van der Waals surface area (Å²) in [6, 6.07) is 5.34. The van der Waals surface area contributed by atoms with Gasteiger partial charge < -0.3 is 21.7 Å². The molecule has 5 N–H and O–H groups in total. The minimum Gasteiger partial charge on any atom is -0.398 e. The van der Waals surface area contributed by atoms with Gasteiger partial charge in [-0.15, -0.1) is 0 Å². The fraction of sp³-hybridized carbons (Fsp3) is 0.545. The quantitative estimate of drug-likeness (QED) is 0.619. The second kappa shape index (κ2) is 8.53. The molecule has 1 atom stereocenters. The molecule has 6 nitrogen and oxygen atoms in total. The predicted molar refractivity (Wildman–Crippen MR) is 116 cm³/mol. The van der Waals surface area contributed by atoms with E-state index in [-0.39, 0.29) is 5.69 Å². The molecule has 1 saturated heterocycles. The summed E-state index contributed by atoms with van der Waals surface area (Å²) in [5.41, 5.74) is 13.9. The summed E-state index contributed by atoms with van der Waals surface area (Å²) in [7, 11) is 0. The Hall–Kier alpha value is -2.41. The maximum atomic E-state index is 14.1. The number of hydrogen-bond acceptors (Lipinski definition) is 6. The average molecular weight is 399 g/mol. The Balaban J connectivity index is 1.64.